The van der Waals surface area contributed by atoms with Gasteiger partial charge in [-0.05, 0) is 74.3 Å². The molecule has 0 aromatic heterocycles. The zero-order valence-corrected chi connectivity index (χ0v) is 19.4. The molecule has 2 nitrogen and oxygen atoms in total. The van der Waals surface area contributed by atoms with Gasteiger partial charge in [-0.25, -0.2) is 8.78 Å². The number of alkyl halides is 2. The zero-order valence-electron chi connectivity index (χ0n) is 19.4. The summed E-state index contributed by atoms with van der Waals surface area (Å²) < 4.78 is 34.9. The summed E-state index contributed by atoms with van der Waals surface area (Å²) in [6.07, 6.45) is 10.5. The first-order chi connectivity index (χ1) is 14.9. The second kappa shape index (κ2) is 11.4. The van der Waals surface area contributed by atoms with Gasteiger partial charge in [0.15, 0.2) is 0 Å². The number of aryl methyl sites for hydroxylation is 1. The molecule has 0 N–H and O–H groups in total. The molecule has 0 spiro atoms. The van der Waals surface area contributed by atoms with Gasteiger partial charge in [0, 0.05) is 6.42 Å². The van der Waals surface area contributed by atoms with Gasteiger partial charge in [-0.1, -0.05) is 63.8 Å². The number of benzene rings is 1. The molecule has 2 fully saturated rings. The van der Waals surface area contributed by atoms with Crippen LogP contribution in [-0.2, 0) is 16.0 Å². The lowest BCUT2D eigenvalue weighted by Gasteiger charge is -2.36. The Morgan fingerprint density at radius 3 is 2.26 bits per heavy atom. The normalized spacial score (nSPS) is 28.3. The molecular weight excluding hydrogens is 394 g/mol. The van der Waals surface area contributed by atoms with Gasteiger partial charge in [-0.2, -0.15) is 0 Å². The van der Waals surface area contributed by atoms with Gasteiger partial charge in [-0.15, -0.1) is 0 Å². The molecule has 0 heterocycles. The van der Waals surface area contributed by atoms with Crippen LogP contribution in [0.25, 0.3) is 0 Å². The third-order valence-corrected chi connectivity index (χ3v) is 7.41. The van der Waals surface area contributed by atoms with E-state index in [1.54, 1.807) is 0 Å². The molecule has 0 aliphatic heterocycles. The van der Waals surface area contributed by atoms with Crippen molar-refractivity contribution in [2.75, 3.05) is 0 Å². The SMILES string of the molecule is CCCCc1ccc(C2CCC(OC(=O)C3CCC(CCCC)CC3(F)F)CC2)cc1. The molecule has 2 aliphatic carbocycles. The molecule has 4 heteroatoms. The van der Waals surface area contributed by atoms with Crippen molar-refractivity contribution in [2.24, 2.45) is 11.8 Å². The van der Waals surface area contributed by atoms with E-state index in [0.717, 1.165) is 57.8 Å². The van der Waals surface area contributed by atoms with Crippen LogP contribution in [0.5, 0.6) is 0 Å². The Balaban J connectivity index is 1.45. The Kier molecular flexibility index (Phi) is 8.92. The zero-order chi connectivity index (χ0) is 22.3. The quantitative estimate of drug-likeness (QED) is 0.370. The van der Waals surface area contributed by atoms with Crippen LogP contribution >= 0.6 is 0 Å². The van der Waals surface area contributed by atoms with Crippen molar-refractivity contribution in [2.45, 2.75) is 115 Å². The summed E-state index contributed by atoms with van der Waals surface area (Å²) in [5.41, 5.74) is 2.74. The largest absolute Gasteiger partial charge is 0.462 e. The van der Waals surface area contributed by atoms with Crippen molar-refractivity contribution in [1.82, 2.24) is 0 Å². The van der Waals surface area contributed by atoms with E-state index >= 15 is 0 Å². The number of halogens is 2. The molecule has 2 atom stereocenters. The maximum absolute atomic E-state index is 14.6. The molecule has 174 valence electrons. The van der Waals surface area contributed by atoms with Crippen LogP contribution in [0.15, 0.2) is 24.3 Å². The lowest BCUT2D eigenvalue weighted by molar-refractivity contribution is -0.178. The van der Waals surface area contributed by atoms with Crippen molar-refractivity contribution in [3.63, 3.8) is 0 Å². The Hall–Kier alpha value is -1.45. The highest BCUT2D eigenvalue weighted by Gasteiger charge is 2.50. The molecule has 0 saturated heterocycles. The maximum atomic E-state index is 14.6. The third kappa shape index (κ3) is 6.76. The molecule has 2 unspecified atom stereocenters. The molecule has 0 radical (unpaired) electrons. The highest BCUT2D eigenvalue weighted by atomic mass is 19.3. The summed E-state index contributed by atoms with van der Waals surface area (Å²) in [6.45, 7) is 4.29. The monoisotopic (exact) mass is 434 g/mol. The smallest absolute Gasteiger partial charge is 0.315 e. The van der Waals surface area contributed by atoms with Gasteiger partial charge < -0.3 is 4.74 Å². The second-order valence-corrected chi connectivity index (χ2v) is 9.86. The average Bonchev–Trinajstić information content (AvgIpc) is 2.76. The fourth-order valence-corrected chi connectivity index (χ4v) is 5.37. The third-order valence-electron chi connectivity index (χ3n) is 7.41. The Bertz CT molecular complexity index is 677. The summed E-state index contributed by atoms with van der Waals surface area (Å²) in [5.74, 6) is -4.32. The van der Waals surface area contributed by atoms with Crippen LogP contribution in [-0.4, -0.2) is 18.0 Å². The number of hydrogen-bond acceptors (Lipinski definition) is 2. The average molecular weight is 435 g/mol. The van der Waals surface area contributed by atoms with E-state index in [9.17, 15) is 13.6 Å². The molecular formula is C27H40F2O2. The van der Waals surface area contributed by atoms with Gasteiger partial charge in [0.25, 0.3) is 5.92 Å². The molecule has 0 bridgehead atoms. The first-order valence-corrected chi connectivity index (χ1v) is 12.6. The van der Waals surface area contributed by atoms with E-state index in [0.29, 0.717) is 5.92 Å². The fourth-order valence-electron chi connectivity index (χ4n) is 5.37. The molecule has 3 rings (SSSR count). The van der Waals surface area contributed by atoms with Crippen LogP contribution in [0.2, 0.25) is 0 Å². The molecule has 1 aromatic rings. The van der Waals surface area contributed by atoms with Crippen LogP contribution < -0.4 is 0 Å². The topological polar surface area (TPSA) is 26.3 Å². The number of rotatable bonds is 9. The van der Waals surface area contributed by atoms with Gasteiger partial charge in [0.1, 0.15) is 12.0 Å². The number of hydrogen-bond donors (Lipinski definition) is 0. The summed E-state index contributed by atoms with van der Waals surface area (Å²) in [7, 11) is 0. The highest BCUT2D eigenvalue weighted by molar-refractivity contribution is 5.74. The van der Waals surface area contributed by atoms with Gasteiger partial charge in [0.05, 0.1) is 0 Å². The summed E-state index contributed by atoms with van der Waals surface area (Å²) in [4.78, 5) is 12.6. The lowest BCUT2D eigenvalue weighted by atomic mass is 9.77. The van der Waals surface area contributed by atoms with Crippen LogP contribution in [0.4, 0.5) is 8.78 Å². The van der Waals surface area contributed by atoms with Gasteiger partial charge in [0.2, 0.25) is 0 Å². The number of carbonyl (C=O) groups excluding carboxylic acids is 1. The lowest BCUT2D eigenvalue weighted by Crippen LogP contribution is -2.42. The predicted octanol–water partition coefficient (Wildman–Crippen LogP) is 7.84. The minimum atomic E-state index is -2.93. The number of ether oxygens (including phenoxy) is 1. The highest BCUT2D eigenvalue weighted by Crippen LogP contribution is 2.44. The minimum Gasteiger partial charge on any atom is -0.462 e. The first-order valence-electron chi connectivity index (χ1n) is 12.6. The maximum Gasteiger partial charge on any atom is 0.315 e. The standard InChI is InChI=1S/C27H40F2O2/c1-3-5-7-20-9-12-22(13-10-20)23-14-16-24(17-15-23)31-26(30)25-18-11-21(8-6-4-2)19-27(25,28)29/h9-10,12-13,21,23-25H,3-8,11,14-19H2,1-2H3. The first kappa shape index (κ1) is 24.2. The number of unbranched alkanes of at least 4 members (excludes halogenated alkanes) is 2. The van der Waals surface area contributed by atoms with E-state index in [1.165, 1.54) is 24.0 Å². The molecule has 2 saturated carbocycles. The molecule has 0 amide bonds. The van der Waals surface area contributed by atoms with Crippen LogP contribution in [0, 0.1) is 11.8 Å². The van der Waals surface area contributed by atoms with Crippen molar-refractivity contribution in [3.8, 4) is 0 Å². The summed E-state index contributed by atoms with van der Waals surface area (Å²) in [6, 6.07) is 8.94. The number of esters is 1. The second-order valence-electron chi connectivity index (χ2n) is 9.86. The molecule has 31 heavy (non-hydrogen) atoms. The van der Waals surface area contributed by atoms with Crippen molar-refractivity contribution in [3.05, 3.63) is 35.4 Å². The van der Waals surface area contributed by atoms with Gasteiger partial charge in [-0.3, -0.25) is 4.79 Å². The molecule has 1 aromatic carbocycles. The van der Waals surface area contributed by atoms with Crippen molar-refractivity contribution in [1.29, 1.82) is 0 Å². The van der Waals surface area contributed by atoms with Gasteiger partial charge >= 0.3 is 5.97 Å². The van der Waals surface area contributed by atoms with E-state index < -0.39 is 17.8 Å². The summed E-state index contributed by atoms with van der Waals surface area (Å²) in [5, 5.41) is 0. The van der Waals surface area contributed by atoms with E-state index in [4.69, 9.17) is 4.74 Å². The fraction of sp³-hybridized carbons (Fsp3) is 0.741. The van der Waals surface area contributed by atoms with Crippen LogP contribution in [0.3, 0.4) is 0 Å². The Morgan fingerprint density at radius 1 is 0.968 bits per heavy atom. The van der Waals surface area contributed by atoms with Crippen molar-refractivity contribution >= 4 is 5.97 Å². The van der Waals surface area contributed by atoms with E-state index in [1.807, 2.05) is 0 Å². The Morgan fingerprint density at radius 2 is 1.65 bits per heavy atom. The number of carbonyl (C=O) groups is 1. The molecule has 2 aliphatic rings. The Labute approximate surface area is 187 Å². The van der Waals surface area contributed by atoms with Crippen LogP contribution in [0.1, 0.15) is 108 Å². The van der Waals surface area contributed by atoms with E-state index in [-0.39, 0.29) is 24.9 Å². The summed E-state index contributed by atoms with van der Waals surface area (Å²) >= 11 is 0. The van der Waals surface area contributed by atoms with Crippen molar-refractivity contribution < 1.29 is 18.3 Å². The minimum absolute atomic E-state index is 0.0443. The van der Waals surface area contributed by atoms with E-state index in [2.05, 4.69) is 38.1 Å². The predicted molar refractivity (Wildman–Crippen MR) is 121 cm³/mol.